The molecule has 2 N–H and O–H groups in total. The number of anilines is 1. The van der Waals surface area contributed by atoms with E-state index in [1.54, 1.807) is 18.2 Å². The zero-order valence-electron chi connectivity index (χ0n) is 11.7. The number of nitrogens with one attached hydrogen (secondary N) is 2. The highest BCUT2D eigenvalue weighted by atomic mass is 16.6. The molecule has 0 aromatic heterocycles. The van der Waals surface area contributed by atoms with Crippen molar-refractivity contribution in [2.45, 2.75) is 19.8 Å². The van der Waals surface area contributed by atoms with Crippen molar-refractivity contribution in [2.24, 2.45) is 5.92 Å². The molecule has 0 bridgehead atoms. The van der Waals surface area contributed by atoms with Gasteiger partial charge in [-0.05, 0) is 50.9 Å². The second kappa shape index (κ2) is 7.09. The SMILES string of the molecule is CCOc1cccc(NCCC2CCNC2)c1[N+](=O)[O-]. The topological polar surface area (TPSA) is 76.4 Å². The van der Waals surface area contributed by atoms with Gasteiger partial charge in [-0.1, -0.05) is 6.07 Å². The summed E-state index contributed by atoms with van der Waals surface area (Å²) in [5.41, 5.74) is 0.561. The van der Waals surface area contributed by atoms with Crippen LogP contribution in [0.4, 0.5) is 11.4 Å². The number of para-hydroxylation sites is 1. The Bertz CT molecular complexity index is 459. The third kappa shape index (κ3) is 3.60. The average molecular weight is 279 g/mol. The Labute approximate surface area is 118 Å². The molecule has 1 heterocycles. The maximum absolute atomic E-state index is 11.2. The summed E-state index contributed by atoms with van der Waals surface area (Å²) in [6.45, 7) is 5.09. The third-order valence-corrected chi connectivity index (χ3v) is 3.51. The molecule has 1 unspecified atom stereocenters. The van der Waals surface area contributed by atoms with Crippen LogP contribution in [0.1, 0.15) is 19.8 Å². The standard InChI is InChI=1S/C14H21N3O3/c1-2-20-13-5-3-4-12(14(13)17(18)19)16-9-7-11-6-8-15-10-11/h3-5,11,15-16H,2,6-10H2,1H3. The maximum atomic E-state index is 11.2. The fraction of sp³-hybridized carbons (Fsp3) is 0.571. The van der Waals surface area contributed by atoms with Gasteiger partial charge in [-0.25, -0.2) is 0 Å². The molecule has 1 aliphatic rings. The summed E-state index contributed by atoms with van der Waals surface area (Å²) in [6.07, 6.45) is 2.20. The van der Waals surface area contributed by atoms with Crippen LogP contribution < -0.4 is 15.4 Å². The number of nitrogens with zero attached hydrogens (tertiary/aromatic N) is 1. The smallest absolute Gasteiger partial charge is 0.333 e. The monoisotopic (exact) mass is 279 g/mol. The molecule has 0 aliphatic carbocycles. The molecule has 1 fully saturated rings. The maximum Gasteiger partial charge on any atom is 0.333 e. The molecular formula is C14H21N3O3. The molecule has 1 saturated heterocycles. The van der Waals surface area contributed by atoms with Crippen LogP contribution in [0.15, 0.2) is 18.2 Å². The number of hydrogen-bond acceptors (Lipinski definition) is 5. The van der Waals surface area contributed by atoms with E-state index in [4.69, 9.17) is 4.74 Å². The normalized spacial score (nSPS) is 17.9. The highest BCUT2D eigenvalue weighted by Gasteiger charge is 2.21. The van der Waals surface area contributed by atoms with Crippen molar-refractivity contribution in [3.8, 4) is 5.75 Å². The van der Waals surface area contributed by atoms with Crippen LogP contribution in [0, 0.1) is 16.0 Å². The van der Waals surface area contributed by atoms with Gasteiger partial charge in [0.25, 0.3) is 0 Å². The fourth-order valence-corrected chi connectivity index (χ4v) is 2.50. The Morgan fingerprint density at radius 3 is 3.05 bits per heavy atom. The molecule has 1 aromatic rings. The Kier molecular flexibility index (Phi) is 5.17. The van der Waals surface area contributed by atoms with E-state index in [2.05, 4.69) is 10.6 Å². The van der Waals surface area contributed by atoms with Crippen molar-refractivity contribution in [1.29, 1.82) is 0 Å². The molecule has 110 valence electrons. The van der Waals surface area contributed by atoms with Gasteiger partial charge in [-0.3, -0.25) is 10.1 Å². The van der Waals surface area contributed by atoms with E-state index in [9.17, 15) is 10.1 Å². The minimum Gasteiger partial charge on any atom is -0.487 e. The lowest BCUT2D eigenvalue weighted by atomic mass is 10.1. The van der Waals surface area contributed by atoms with E-state index in [1.165, 1.54) is 6.42 Å². The molecule has 1 aromatic carbocycles. The van der Waals surface area contributed by atoms with Crippen LogP contribution in [0.2, 0.25) is 0 Å². The Morgan fingerprint density at radius 2 is 2.40 bits per heavy atom. The van der Waals surface area contributed by atoms with Gasteiger partial charge in [0, 0.05) is 6.54 Å². The molecule has 20 heavy (non-hydrogen) atoms. The second-order valence-electron chi connectivity index (χ2n) is 4.92. The zero-order valence-corrected chi connectivity index (χ0v) is 11.7. The van der Waals surface area contributed by atoms with Crippen LogP contribution in [-0.4, -0.2) is 31.2 Å². The lowest BCUT2D eigenvalue weighted by molar-refractivity contribution is -0.384. The average Bonchev–Trinajstić information content (AvgIpc) is 2.92. The van der Waals surface area contributed by atoms with E-state index in [0.717, 1.165) is 26.1 Å². The zero-order chi connectivity index (χ0) is 14.4. The van der Waals surface area contributed by atoms with E-state index < -0.39 is 0 Å². The molecule has 0 spiro atoms. The van der Waals surface area contributed by atoms with Crippen LogP contribution in [0.3, 0.4) is 0 Å². The summed E-state index contributed by atoms with van der Waals surface area (Å²) in [6, 6.07) is 5.14. The van der Waals surface area contributed by atoms with E-state index in [0.29, 0.717) is 24.0 Å². The van der Waals surface area contributed by atoms with Gasteiger partial charge in [0.1, 0.15) is 5.69 Å². The lowest BCUT2D eigenvalue weighted by Gasteiger charge is -2.12. The molecule has 0 radical (unpaired) electrons. The third-order valence-electron chi connectivity index (χ3n) is 3.51. The first kappa shape index (κ1) is 14.6. The summed E-state index contributed by atoms with van der Waals surface area (Å²) in [7, 11) is 0. The highest BCUT2D eigenvalue weighted by Crippen LogP contribution is 2.34. The number of benzene rings is 1. The van der Waals surface area contributed by atoms with E-state index in [1.807, 2.05) is 6.92 Å². The molecular weight excluding hydrogens is 258 g/mol. The van der Waals surface area contributed by atoms with Crippen LogP contribution in [0.25, 0.3) is 0 Å². The van der Waals surface area contributed by atoms with Crippen molar-refractivity contribution in [2.75, 3.05) is 31.6 Å². The minimum absolute atomic E-state index is 0.0268. The second-order valence-corrected chi connectivity index (χ2v) is 4.92. The first-order valence-electron chi connectivity index (χ1n) is 7.07. The van der Waals surface area contributed by atoms with Crippen molar-refractivity contribution in [3.63, 3.8) is 0 Å². The van der Waals surface area contributed by atoms with Gasteiger partial charge >= 0.3 is 5.69 Å². The Morgan fingerprint density at radius 1 is 1.55 bits per heavy atom. The van der Waals surface area contributed by atoms with Gasteiger partial charge in [0.2, 0.25) is 0 Å². The number of nitro benzene ring substituents is 1. The van der Waals surface area contributed by atoms with Crippen molar-refractivity contribution < 1.29 is 9.66 Å². The van der Waals surface area contributed by atoms with E-state index >= 15 is 0 Å². The van der Waals surface area contributed by atoms with Gasteiger partial charge < -0.3 is 15.4 Å². The minimum atomic E-state index is -0.384. The van der Waals surface area contributed by atoms with Gasteiger partial charge in [-0.2, -0.15) is 0 Å². The van der Waals surface area contributed by atoms with Crippen molar-refractivity contribution >= 4 is 11.4 Å². The lowest BCUT2D eigenvalue weighted by Crippen LogP contribution is -2.13. The molecule has 0 amide bonds. The first-order chi connectivity index (χ1) is 9.72. The molecule has 0 saturated carbocycles. The summed E-state index contributed by atoms with van der Waals surface area (Å²) < 4.78 is 5.33. The summed E-state index contributed by atoms with van der Waals surface area (Å²) in [5.74, 6) is 0.988. The molecule has 1 aliphatic heterocycles. The van der Waals surface area contributed by atoms with Crippen LogP contribution in [0.5, 0.6) is 5.75 Å². The number of hydrogen-bond donors (Lipinski definition) is 2. The van der Waals surface area contributed by atoms with Crippen LogP contribution in [-0.2, 0) is 0 Å². The summed E-state index contributed by atoms with van der Waals surface area (Å²) in [5, 5.41) is 17.7. The number of ether oxygens (including phenoxy) is 1. The number of nitro groups is 1. The number of rotatable bonds is 7. The molecule has 2 rings (SSSR count). The van der Waals surface area contributed by atoms with Gasteiger partial charge in [-0.15, -0.1) is 0 Å². The quantitative estimate of drug-likeness (QED) is 0.592. The van der Waals surface area contributed by atoms with Gasteiger partial charge in [0.15, 0.2) is 5.75 Å². The predicted octanol–water partition coefficient (Wildman–Crippen LogP) is 2.41. The largest absolute Gasteiger partial charge is 0.487 e. The summed E-state index contributed by atoms with van der Waals surface area (Å²) >= 11 is 0. The van der Waals surface area contributed by atoms with Gasteiger partial charge in [0.05, 0.1) is 11.5 Å². The molecule has 6 heteroatoms. The summed E-state index contributed by atoms with van der Waals surface area (Å²) in [4.78, 5) is 10.8. The predicted molar refractivity (Wildman–Crippen MR) is 78.3 cm³/mol. The Balaban J connectivity index is 2.01. The molecule has 1 atom stereocenters. The van der Waals surface area contributed by atoms with Crippen LogP contribution >= 0.6 is 0 Å². The highest BCUT2D eigenvalue weighted by molar-refractivity contribution is 5.68. The van der Waals surface area contributed by atoms with E-state index in [-0.39, 0.29) is 10.6 Å². The Hall–Kier alpha value is -1.82. The first-order valence-corrected chi connectivity index (χ1v) is 7.07. The fourth-order valence-electron chi connectivity index (χ4n) is 2.50. The molecule has 6 nitrogen and oxygen atoms in total. The van der Waals surface area contributed by atoms with Crippen molar-refractivity contribution in [3.05, 3.63) is 28.3 Å². The van der Waals surface area contributed by atoms with Crippen molar-refractivity contribution in [1.82, 2.24) is 5.32 Å².